The first-order chi connectivity index (χ1) is 7.31. The highest BCUT2D eigenvalue weighted by Gasteiger charge is 2.04. The molecule has 0 aliphatic heterocycles. The van der Waals surface area contributed by atoms with E-state index >= 15 is 0 Å². The molecule has 0 aliphatic carbocycles. The van der Waals surface area contributed by atoms with Gasteiger partial charge in [0.05, 0.1) is 17.8 Å². The van der Waals surface area contributed by atoms with Crippen molar-refractivity contribution in [1.29, 1.82) is 0 Å². The van der Waals surface area contributed by atoms with Gasteiger partial charge in [-0.1, -0.05) is 0 Å². The molecule has 15 heavy (non-hydrogen) atoms. The van der Waals surface area contributed by atoms with Crippen molar-refractivity contribution >= 4 is 11.3 Å². The van der Waals surface area contributed by atoms with E-state index in [4.69, 9.17) is 4.74 Å². The minimum Gasteiger partial charge on any atom is -0.494 e. The SMILES string of the molecule is CCOc1ccc(-c2cscn2)c(C)c1. The van der Waals surface area contributed by atoms with E-state index in [2.05, 4.69) is 29.4 Å². The number of thiazole rings is 1. The van der Waals surface area contributed by atoms with Crippen LogP contribution in [0.25, 0.3) is 11.3 Å². The van der Waals surface area contributed by atoms with E-state index in [0.29, 0.717) is 6.61 Å². The van der Waals surface area contributed by atoms with Gasteiger partial charge < -0.3 is 4.74 Å². The van der Waals surface area contributed by atoms with Crippen LogP contribution in [0, 0.1) is 6.92 Å². The lowest BCUT2D eigenvalue weighted by Crippen LogP contribution is -1.92. The third-order valence-corrected chi connectivity index (χ3v) is 2.80. The first-order valence-electron chi connectivity index (χ1n) is 4.93. The molecule has 1 heterocycles. The topological polar surface area (TPSA) is 22.1 Å². The number of aromatic nitrogens is 1. The van der Waals surface area contributed by atoms with Crippen molar-refractivity contribution in [3.05, 3.63) is 34.7 Å². The number of hydrogen-bond acceptors (Lipinski definition) is 3. The minimum absolute atomic E-state index is 0.704. The highest BCUT2D eigenvalue weighted by atomic mass is 32.1. The van der Waals surface area contributed by atoms with E-state index in [-0.39, 0.29) is 0 Å². The zero-order valence-electron chi connectivity index (χ0n) is 8.86. The monoisotopic (exact) mass is 219 g/mol. The normalized spacial score (nSPS) is 10.3. The van der Waals surface area contributed by atoms with Gasteiger partial charge in [0, 0.05) is 10.9 Å². The van der Waals surface area contributed by atoms with Gasteiger partial charge in [0.1, 0.15) is 5.75 Å². The number of ether oxygens (including phenoxy) is 1. The van der Waals surface area contributed by atoms with Crippen molar-refractivity contribution in [2.24, 2.45) is 0 Å². The lowest BCUT2D eigenvalue weighted by molar-refractivity contribution is 0.340. The van der Waals surface area contributed by atoms with Crippen molar-refractivity contribution in [3.8, 4) is 17.0 Å². The molecule has 0 saturated heterocycles. The zero-order valence-corrected chi connectivity index (χ0v) is 9.67. The fraction of sp³-hybridized carbons (Fsp3) is 0.250. The van der Waals surface area contributed by atoms with E-state index in [1.54, 1.807) is 11.3 Å². The Morgan fingerprint density at radius 3 is 2.87 bits per heavy atom. The highest BCUT2D eigenvalue weighted by Crippen LogP contribution is 2.26. The molecule has 0 saturated carbocycles. The fourth-order valence-corrected chi connectivity index (χ4v) is 2.08. The molecule has 0 unspecified atom stereocenters. The highest BCUT2D eigenvalue weighted by molar-refractivity contribution is 7.07. The maximum absolute atomic E-state index is 5.44. The molecular formula is C12H13NOS. The van der Waals surface area contributed by atoms with Gasteiger partial charge in [-0.3, -0.25) is 0 Å². The van der Waals surface area contributed by atoms with Gasteiger partial charge in [-0.25, -0.2) is 4.98 Å². The van der Waals surface area contributed by atoms with Crippen LogP contribution in [0.3, 0.4) is 0 Å². The summed E-state index contributed by atoms with van der Waals surface area (Å²) in [6, 6.07) is 6.11. The fourth-order valence-electron chi connectivity index (χ4n) is 1.53. The van der Waals surface area contributed by atoms with Crippen LogP contribution in [0.5, 0.6) is 5.75 Å². The summed E-state index contributed by atoms with van der Waals surface area (Å²) in [6.07, 6.45) is 0. The molecule has 0 N–H and O–H groups in total. The summed E-state index contributed by atoms with van der Waals surface area (Å²) in [7, 11) is 0. The summed E-state index contributed by atoms with van der Waals surface area (Å²) in [5.41, 5.74) is 5.28. The van der Waals surface area contributed by atoms with Crippen LogP contribution in [0.15, 0.2) is 29.1 Å². The first kappa shape index (κ1) is 10.2. The van der Waals surface area contributed by atoms with E-state index in [1.165, 1.54) is 11.1 Å². The van der Waals surface area contributed by atoms with Crippen LogP contribution in [0.1, 0.15) is 12.5 Å². The van der Waals surface area contributed by atoms with Gasteiger partial charge in [0.25, 0.3) is 0 Å². The van der Waals surface area contributed by atoms with E-state index in [9.17, 15) is 0 Å². The van der Waals surface area contributed by atoms with Crippen molar-refractivity contribution in [2.75, 3.05) is 6.61 Å². The molecule has 0 radical (unpaired) electrons. The lowest BCUT2D eigenvalue weighted by atomic mass is 10.1. The molecule has 0 bridgehead atoms. The number of benzene rings is 1. The van der Waals surface area contributed by atoms with Gasteiger partial charge in [-0.15, -0.1) is 11.3 Å². The van der Waals surface area contributed by atoms with E-state index in [1.807, 2.05) is 18.5 Å². The Labute approximate surface area is 93.6 Å². The van der Waals surface area contributed by atoms with E-state index < -0.39 is 0 Å². The average molecular weight is 219 g/mol. The summed E-state index contributed by atoms with van der Waals surface area (Å²) in [4.78, 5) is 4.30. The predicted molar refractivity (Wildman–Crippen MR) is 63.5 cm³/mol. The van der Waals surface area contributed by atoms with Gasteiger partial charge in [-0.2, -0.15) is 0 Å². The lowest BCUT2D eigenvalue weighted by Gasteiger charge is -2.07. The average Bonchev–Trinajstić information content (AvgIpc) is 2.71. The van der Waals surface area contributed by atoms with Crippen molar-refractivity contribution in [1.82, 2.24) is 4.98 Å². The molecule has 3 heteroatoms. The van der Waals surface area contributed by atoms with Crippen LogP contribution < -0.4 is 4.74 Å². The van der Waals surface area contributed by atoms with Gasteiger partial charge in [-0.05, 0) is 37.6 Å². The quantitative estimate of drug-likeness (QED) is 0.788. The Kier molecular flexibility index (Phi) is 3.02. The molecule has 2 nitrogen and oxygen atoms in total. The van der Waals surface area contributed by atoms with Crippen LogP contribution in [-0.4, -0.2) is 11.6 Å². The Bertz CT molecular complexity index is 437. The number of rotatable bonds is 3. The standard InChI is InChI=1S/C12H13NOS/c1-3-14-10-4-5-11(9(2)6-10)12-7-15-8-13-12/h4-8H,3H2,1-2H3. The van der Waals surface area contributed by atoms with Crippen LogP contribution in [0.2, 0.25) is 0 Å². The smallest absolute Gasteiger partial charge is 0.119 e. The molecule has 0 amide bonds. The molecular weight excluding hydrogens is 206 g/mol. The number of aryl methyl sites for hydroxylation is 1. The second-order valence-electron chi connectivity index (χ2n) is 3.28. The summed E-state index contributed by atoms with van der Waals surface area (Å²) in [5.74, 6) is 0.925. The van der Waals surface area contributed by atoms with Crippen molar-refractivity contribution < 1.29 is 4.74 Å². The molecule has 78 valence electrons. The molecule has 2 aromatic rings. The summed E-state index contributed by atoms with van der Waals surface area (Å²) >= 11 is 1.62. The van der Waals surface area contributed by atoms with Gasteiger partial charge >= 0.3 is 0 Å². The zero-order chi connectivity index (χ0) is 10.7. The molecule has 0 aliphatic rings. The summed E-state index contributed by atoms with van der Waals surface area (Å²) in [5, 5.41) is 2.06. The Morgan fingerprint density at radius 2 is 2.27 bits per heavy atom. The maximum atomic E-state index is 5.44. The summed E-state index contributed by atoms with van der Waals surface area (Å²) in [6.45, 7) is 4.77. The third kappa shape index (κ3) is 2.18. The largest absolute Gasteiger partial charge is 0.494 e. The van der Waals surface area contributed by atoms with Crippen LogP contribution >= 0.6 is 11.3 Å². The second-order valence-corrected chi connectivity index (χ2v) is 4.00. The molecule has 1 aromatic heterocycles. The van der Waals surface area contributed by atoms with Crippen LogP contribution in [0.4, 0.5) is 0 Å². The summed E-state index contributed by atoms with van der Waals surface area (Å²) < 4.78 is 5.44. The second kappa shape index (κ2) is 4.45. The Balaban J connectivity index is 2.35. The molecule has 0 fully saturated rings. The van der Waals surface area contributed by atoms with Gasteiger partial charge in [0.2, 0.25) is 0 Å². The Hall–Kier alpha value is -1.35. The first-order valence-corrected chi connectivity index (χ1v) is 5.87. The maximum Gasteiger partial charge on any atom is 0.119 e. The number of nitrogens with zero attached hydrogens (tertiary/aromatic N) is 1. The van der Waals surface area contributed by atoms with Crippen LogP contribution in [-0.2, 0) is 0 Å². The third-order valence-electron chi connectivity index (χ3n) is 2.22. The minimum atomic E-state index is 0.704. The predicted octanol–water partition coefficient (Wildman–Crippen LogP) is 3.52. The molecule has 1 aromatic carbocycles. The van der Waals surface area contributed by atoms with Gasteiger partial charge in [0.15, 0.2) is 0 Å². The van der Waals surface area contributed by atoms with Crippen molar-refractivity contribution in [2.45, 2.75) is 13.8 Å². The number of hydrogen-bond donors (Lipinski definition) is 0. The molecule has 0 atom stereocenters. The molecule has 0 spiro atoms. The molecule has 2 rings (SSSR count). The van der Waals surface area contributed by atoms with Crippen molar-refractivity contribution in [3.63, 3.8) is 0 Å². The van der Waals surface area contributed by atoms with E-state index in [0.717, 1.165) is 11.4 Å². The Morgan fingerprint density at radius 1 is 1.40 bits per heavy atom.